The second kappa shape index (κ2) is 6.27. The Balaban J connectivity index is 3.88. The van der Waals surface area contributed by atoms with E-state index in [0.717, 1.165) is 12.2 Å². The largest absolute Gasteiger partial charge is 0.478 e. The molecule has 0 aliphatic carbocycles. The van der Waals surface area contributed by atoms with Crippen LogP contribution in [0.1, 0.15) is 27.2 Å². The molecule has 5 nitrogen and oxygen atoms in total. The van der Waals surface area contributed by atoms with Crippen molar-refractivity contribution in [2.24, 2.45) is 5.41 Å². The fourth-order valence-corrected chi connectivity index (χ4v) is 1.20. The molecule has 0 saturated carbocycles. The number of hydrogen-bond donors (Lipinski definition) is 3. The molecule has 0 aliphatic heterocycles. The van der Waals surface area contributed by atoms with E-state index in [1.807, 2.05) is 20.8 Å². The number of hydrogen-bond acceptors (Lipinski definition) is 3. The molecule has 0 aliphatic rings. The minimum absolute atomic E-state index is 0.0128. The molecule has 0 aromatic rings. The number of carboxylic acid groups (broad SMARTS) is 1. The molecule has 0 bridgehead atoms. The number of rotatable bonds is 5. The highest BCUT2D eigenvalue weighted by Crippen LogP contribution is 2.20. The van der Waals surface area contributed by atoms with Crippen LogP contribution in [0, 0.1) is 5.41 Å². The van der Waals surface area contributed by atoms with Crippen LogP contribution in [-0.4, -0.2) is 34.7 Å². The van der Waals surface area contributed by atoms with E-state index in [-0.39, 0.29) is 12.0 Å². The summed E-state index contributed by atoms with van der Waals surface area (Å²) < 4.78 is 0. The number of aliphatic hydroxyl groups excluding tert-OH is 1. The van der Waals surface area contributed by atoms with Crippen molar-refractivity contribution in [3.8, 4) is 0 Å². The van der Waals surface area contributed by atoms with Crippen LogP contribution in [0.5, 0.6) is 0 Å². The molecule has 92 valence electrons. The predicted molar refractivity (Wildman–Crippen MR) is 59.9 cm³/mol. The third kappa shape index (κ3) is 9.21. The summed E-state index contributed by atoms with van der Waals surface area (Å²) in [6.45, 7) is 6.09. The zero-order valence-electron chi connectivity index (χ0n) is 9.86. The number of carbonyl (C=O) groups excluding carboxylic acids is 1. The van der Waals surface area contributed by atoms with Crippen LogP contribution in [0.4, 0.5) is 0 Å². The van der Waals surface area contributed by atoms with E-state index >= 15 is 0 Å². The van der Waals surface area contributed by atoms with Crippen molar-refractivity contribution < 1.29 is 19.8 Å². The molecule has 0 saturated heterocycles. The van der Waals surface area contributed by atoms with Gasteiger partial charge in [-0.25, -0.2) is 4.79 Å². The minimum atomic E-state index is -1.18. The van der Waals surface area contributed by atoms with Crippen LogP contribution in [0.2, 0.25) is 0 Å². The maximum atomic E-state index is 11.0. The third-order valence-corrected chi connectivity index (χ3v) is 1.74. The highest BCUT2D eigenvalue weighted by Gasteiger charge is 2.16. The molecule has 0 fully saturated rings. The van der Waals surface area contributed by atoms with E-state index in [1.54, 1.807) is 0 Å². The first-order valence-electron chi connectivity index (χ1n) is 5.07. The summed E-state index contributed by atoms with van der Waals surface area (Å²) >= 11 is 0. The van der Waals surface area contributed by atoms with Gasteiger partial charge >= 0.3 is 5.97 Å². The molecule has 0 aromatic carbocycles. The van der Waals surface area contributed by atoms with E-state index in [9.17, 15) is 14.7 Å². The number of amides is 1. The first-order valence-corrected chi connectivity index (χ1v) is 5.07. The normalized spacial score (nSPS) is 13.8. The Morgan fingerprint density at radius 3 is 2.31 bits per heavy atom. The van der Waals surface area contributed by atoms with Gasteiger partial charge in [-0.2, -0.15) is 0 Å². The van der Waals surface area contributed by atoms with E-state index in [0.29, 0.717) is 6.42 Å². The molecule has 1 amide bonds. The van der Waals surface area contributed by atoms with Gasteiger partial charge in [0, 0.05) is 18.7 Å². The van der Waals surface area contributed by atoms with Gasteiger partial charge < -0.3 is 15.5 Å². The maximum Gasteiger partial charge on any atom is 0.328 e. The number of nitrogens with one attached hydrogen (secondary N) is 1. The van der Waals surface area contributed by atoms with Gasteiger partial charge in [0.1, 0.15) is 0 Å². The monoisotopic (exact) mass is 229 g/mol. The second-order valence-electron chi connectivity index (χ2n) is 4.84. The minimum Gasteiger partial charge on any atom is -0.478 e. The SMILES string of the molecule is CC(C)(C)CC(O)CNC(=O)/C=C/C(=O)O. The Bertz CT molecular complexity index is 278. The standard InChI is InChI=1S/C11H19NO4/c1-11(2,3)6-8(13)7-12-9(14)4-5-10(15)16/h4-5,8,13H,6-7H2,1-3H3,(H,12,14)(H,15,16)/b5-4+. The second-order valence-corrected chi connectivity index (χ2v) is 4.84. The van der Waals surface area contributed by atoms with E-state index < -0.39 is 18.0 Å². The molecule has 5 heteroatoms. The average Bonchev–Trinajstić information content (AvgIpc) is 2.08. The van der Waals surface area contributed by atoms with Crippen molar-refractivity contribution >= 4 is 11.9 Å². The van der Waals surface area contributed by atoms with Crippen molar-refractivity contribution in [2.75, 3.05) is 6.54 Å². The lowest BCUT2D eigenvalue weighted by atomic mass is 9.89. The highest BCUT2D eigenvalue weighted by atomic mass is 16.4. The Hall–Kier alpha value is -1.36. The van der Waals surface area contributed by atoms with Crippen LogP contribution in [0.15, 0.2) is 12.2 Å². The lowest BCUT2D eigenvalue weighted by Gasteiger charge is -2.22. The number of aliphatic carboxylic acids is 1. The average molecular weight is 229 g/mol. The molecule has 16 heavy (non-hydrogen) atoms. The Morgan fingerprint density at radius 1 is 1.31 bits per heavy atom. The van der Waals surface area contributed by atoms with Crippen molar-refractivity contribution in [2.45, 2.75) is 33.3 Å². The van der Waals surface area contributed by atoms with Gasteiger partial charge in [0.2, 0.25) is 5.91 Å². The Kier molecular flexibility index (Phi) is 5.74. The molecule has 0 spiro atoms. The molecule has 3 N–H and O–H groups in total. The van der Waals surface area contributed by atoms with Crippen molar-refractivity contribution in [3.05, 3.63) is 12.2 Å². The summed E-state index contributed by atoms with van der Waals surface area (Å²) in [6.07, 6.45) is 1.62. The van der Waals surface area contributed by atoms with Gasteiger partial charge in [-0.05, 0) is 11.8 Å². The molecule has 0 radical (unpaired) electrons. The molecular formula is C11H19NO4. The van der Waals surface area contributed by atoms with Crippen molar-refractivity contribution in [3.63, 3.8) is 0 Å². The molecular weight excluding hydrogens is 210 g/mol. The maximum absolute atomic E-state index is 11.0. The Morgan fingerprint density at radius 2 is 1.88 bits per heavy atom. The van der Waals surface area contributed by atoms with Gasteiger partial charge in [0.25, 0.3) is 0 Å². The number of carboxylic acids is 1. The lowest BCUT2D eigenvalue weighted by Crippen LogP contribution is -2.33. The van der Waals surface area contributed by atoms with Gasteiger partial charge in [-0.1, -0.05) is 20.8 Å². The summed E-state index contributed by atoms with van der Waals surface area (Å²) in [5, 5.41) is 20.3. The van der Waals surface area contributed by atoms with Crippen molar-refractivity contribution in [1.29, 1.82) is 0 Å². The highest BCUT2D eigenvalue weighted by molar-refractivity contribution is 5.93. The summed E-state index contributed by atoms with van der Waals surface area (Å²) in [6, 6.07) is 0. The van der Waals surface area contributed by atoms with Crippen LogP contribution in [0.25, 0.3) is 0 Å². The molecule has 0 aromatic heterocycles. The van der Waals surface area contributed by atoms with Crippen LogP contribution in [-0.2, 0) is 9.59 Å². The third-order valence-electron chi connectivity index (χ3n) is 1.74. The fourth-order valence-electron chi connectivity index (χ4n) is 1.20. The quantitative estimate of drug-likeness (QED) is 0.600. The van der Waals surface area contributed by atoms with Crippen molar-refractivity contribution in [1.82, 2.24) is 5.32 Å². The number of carbonyl (C=O) groups is 2. The molecule has 0 rings (SSSR count). The molecule has 1 unspecified atom stereocenters. The molecule has 0 heterocycles. The van der Waals surface area contributed by atoms with E-state index in [1.165, 1.54) is 0 Å². The van der Waals surface area contributed by atoms with Gasteiger partial charge in [0.05, 0.1) is 6.10 Å². The van der Waals surface area contributed by atoms with E-state index in [2.05, 4.69) is 5.32 Å². The summed E-state index contributed by atoms with van der Waals surface area (Å²) in [5.41, 5.74) is -0.0128. The lowest BCUT2D eigenvalue weighted by molar-refractivity contribution is -0.131. The summed E-state index contributed by atoms with van der Waals surface area (Å²) in [7, 11) is 0. The van der Waals surface area contributed by atoms with Crippen LogP contribution < -0.4 is 5.32 Å². The molecule has 1 atom stereocenters. The van der Waals surface area contributed by atoms with Crippen LogP contribution in [0.3, 0.4) is 0 Å². The number of aliphatic hydroxyl groups is 1. The summed E-state index contributed by atoms with van der Waals surface area (Å²) in [4.78, 5) is 21.2. The smallest absolute Gasteiger partial charge is 0.328 e. The van der Waals surface area contributed by atoms with Crippen LogP contribution >= 0.6 is 0 Å². The first kappa shape index (κ1) is 14.6. The Labute approximate surface area is 95.2 Å². The van der Waals surface area contributed by atoms with Gasteiger partial charge in [-0.15, -0.1) is 0 Å². The summed E-state index contributed by atoms with van der Waals surface area (Å²) in [5.74, 6) is -1.69. The van der Waals surface area contributed by atoms with Gasteiger partial charge in [-0.3, -0.25) is 4.79 Å². The zero-order chi connectivity index (χ0) is 12.8. The van der Waals surface area contributed by atoms with E-state index in [4.69, 9.17) is 5.11 Å². The fraction of sp³-hybridized carbons (Fsp3) is 0.636. The first-order chi connectivity index (χ1) is 7.20. The topological polar surface area (TPSA) is 86.6 Å². The van der Waals surface area contributed by atoms with Gasteiger partial charge in [0.15, 0.2) is 0 Å². The zero-order valence-corrected chi connectivity index (χ0v) is 9.86. The predicted octanol–water partition coefficient (Wildman–Crippen LogP) is 0.540.